The summed E-state index contributed by atoms with van der Waals surface area (Å²) in [5, 5.41) is 43.1. The fourth-order valence-electron chi connectivity index (χ4n) is 3.59. The van der Waals surface area contributed by atoms with E-state index in [-0.39, 0.29) is 6.61 Å². The van der Waals surface area contributed by atoms with E-state index in [1.807, 2.05) is 6.08 Å². The quantitative estimate of drug-likeness (QED) is 0.0762. The van der Waals surface area contributed by atoms with Crippen molar-refractivity contribution in [1.82, 2.24) is 0 Å². The van der Waals surface area contributed by atoms with Gasteiger partial charge in [-0.05, 0) is 36.6 Å². The van der Waals surface area contributed by atoms with Gasteiger partial charge in [-0.25, -0.2) is 4.79 Å². The molecule has 0 aromatic heterocycles. The van der Waals surface area contributed by atoms with Gasteiger partial charge in [0.2, 0.25) is 0 Å². The molecule has 194 valence electrons. The Balaban J connectivity index is 2.13. The van der Waals surface area contributed by atoms with Crippen molar-refractivity contribution >= 4 is 5.97 Å². The largest absolute Gasteiger partial charge is 0.454 e. The number of hydrogen-bond donors (Lipinski definition) is 4. The Morgan fingerprint density at radius 2 is 1.91 bits per heavy atom. The van der Waals surface area contributed by atoms with Crippen LogP contribution in [0.4, 0.5) is 0 Å². The highest BCUT2D eigenvalue weighted by molar-refractivity contribution is 5.89. The van der Waals surface area contributed by atoms with E-state index in [9.17, 15) is 25.2 Å². The molecule has 2 rings (SSSR count). The molecule has 1 aromatic rings. The van der Waals surface area contributed by atoms with E-state index in [1.165, 1.54) is 0 Å². The van der Waals surface area contributed by atoms with Gasteiger partial charge in [0.25, 0.3) is 0 Å². The number of hydrogen-bond acceptors (Lipinski definition) is 9. The number of ether oxygens (including phenoxy) is 3. The van der Waals surface area contributed by atoms with Gasteiger partial charge < -0.3 is 34.6 Å². The van der Waals surface area contributed by atoms with E-state index < -0.39 is 55.4 Å². The van der Waals surface area contributed by atoms with Crippen LogP contribution in [0.15, 0.2) is 47.6 Å². The number of unbranched alkanes of at least 4 members (excludes halogenated alkanes) is 4. The zero-order valence-electron chi connectivity index (χ0n) is 19.8. The maximum absolute atomic E-state index is 12.7. The van der Waals surface area contributed by atoms with Crippen molar-refractivity contribution in [3.8, 4) is 0 Å². The van der Waals surface area contributed by atoms with Gasteiger partial charge in [0.05, 0.1) is 18.8 Å². The summed E-state index contributed by atoms with van der Waals surface area (Å²) in [4.78, 5) is 15.5. The van der Waals surface area contributed by atoms with E-state index in [4.69, 9.17) is 19.7 Å². The Hall–Kier alpha value is -2.50. The Kier molecular flexibility index (Phi) is 12.7. The van der Waals surface area contributed by atoms with Gasteiger partial charge in [-0.2, -0.15) is 0 Å². The Bertz CT molecular complexity index is 831. The van der Waals surface area contributed by atoms with Crippen LogP contribution < -0.4 is 0 Å². The molecule has 0 unspecified atom stereocenters. The first-order valence-corrected chi connectivity index (χ1v) is 11.8. The normalized spacial score (nSPS) is 26.1. The summed E-state index contributed by atoms with van der Waals surface area (Å²) >= 11 is 0. The molecule has 1 aliphatic heterocycles. The van der Waals surface area contributed by atoms with Crippen molar-refractivity contribution in [1.29, 1.82) is 0 Å². The van der Waals surface area contributed by atoms with Gasteiger partial charge in [0.1, 0.15) is 36.6 Å². The van der Waals surface area contributed by atoms with Crippen LogP contribution in [0.25, 0.3) is 10.4 Å². The SMILES string of the molecule is CCCCCC/C=C/[C@@H](OC(=O)c1ccccc1)[C@H](CO[C@@H]1O[C@H](CO)[C@H](O)[C@H](O)[C@H]1O)N=[N+]=[N-]. The van der Waals surface area contributed by atoms with Crippen LogP contribution in [0, 0.1) is 0 Å². The average Bonchev–Trinajstić information content (AvgIpc) is 2.88. The lowest BCUT2D eigenvalue weighted by atomic mass is 9.99. The minimum atomic E-state index is -1.61. The third-order valence-corrected chi connectivity index (χ3v) is 5.66. The van der Waals surface area contributed by atoms with Crippen LogP contribution >= 0.6 is 0 Å². The highest BCUT2D eigenvalue weighted by Gasteiger charge is 2.44. The average molecular weight is 494 g/mol. The summed E-state index contributed by atoms with van der Waals surface area (Å²) in [7, 11) is 0. The number of carbonyl (C=O) groups excluding carboxylic acids is 1. The molecule has 35 heavy (non-hydrogen) atoms. The highest BCUT2D eigenvalue weighted by atomic mass is 16.7. The predicted molar refractivity (Wildman–Crippen MR) is 126 cm³/mol. The molecule has 1 saturated heterocycles. The van der Waals surface area contributed by atoms with Gasteiger partial charge >= 0.3 is 5.97 Å². The number of carbonyl (C=O) groups is 1. The van der Waals surface area contributed by atoms with Crippen LogP contribution in [-0.4, -0.2) is 82.5 Å². The third-order valence-electron chi connectivity index (χ3n) is 5.66. The van der Waals surface area contributed by atoms with Gasteiger partial charge in [-0.1, -0.05) is 55.6 Å². The minimum absolute atomic E-state index is 0.323. The smallest absolute Gasteiger partial charge is 0.338 e. The molecule has 0 bridgehead atoms. The van der Waals surface area contributed by atoms with E-state index >= 15 is 0 Å². The van der Waals surface area contributed by atoms with Gasteiger partial charge in [-0.15, -0.1) is 0 Å². The van der Waals surface area contributed by atoms with E-state index in [0.717, 1.165) is 32.1 Å². The fraction of sp³-hybridized carbons (Fsp3) is 0.625. The molecule has 0 aliphatic carbocycles. The zero-order chi connectivity index (χ0) is 25.6. The number of azide groups is 1. The third kappa shape index (κ3) is 8.90. The molecule has 1 aliphatic rings. The summed E-state index contributed by atoms with van der Waals surface area (Å²) in [6.07, 6.45) is 0.197. The van der Waals surface area contributed by atoms with Crippen molar-refractivity contribution in [2.24, 2.45) is 5.11 Å². The maximum Gasteiger partial charge on any atom is 0.338 e. The molecule has 1 heterocycles. The summed E-state index contributed by atoms with van der Waals surface area (Å²) in [6.45, 7) is 1.18. The monoisotopic (exact) mass is 493 g/mol. The Morgan fingerprint density at radius 1 is 1.17 bits per heavy atom. The Labute approximate surface area is 204 Å². The highest BCUT2D eigenvalue weighted by Crippen LogP contribution is 2.23. The second-order valence-electron chi connectivity index (χ2n) is 8.32. The van der Waals surface area contributed by atoms with Crippen LogP contribution in [0.5, 0.6) is 0 Å². The molecule has 1 fully saturated rings. The zero-order valence-corrected chi connectivity index (χ0v) is 19.8. The number of allylic oxidation sites excluding steroid dienone is 1. The van der Waals surface area contributed by atoms with Gasteiger partial charge in [0.15, 0.2) is 6.29 Å². The van der Waals surface area contributed by atoms with Gasteiger partial charge in [0, 0.05) is 4.91 Å². The van der Waals surface area contributed by atoms with E-state index in [1.54, 1.807) is 36.4 Å². The second kappa shape index (κ2) is 15.5. The number of aliphatic hydroxyl groups is 4. The van der Waals surface area contributed by atoms with E-state index in [0.29, 0.717) is 5.56 Å². The lowest BCUT2D eigenvalue weighted by Crippen LogP contribution is -2.59. The lowest BCUT2D eigenvalue weighted by molar-refractivity contribution is -0.302. The summed E-state index contributed by atoms with van der Waals surface area (Å²) in [5.41, 5.74) is 9.43. The van der Waals surface area contributed by atoms with Crippen molar-refractivity contribution in [2.45, 2.75) is 81.9 Å². The molecule has 0 saturated carbocycles. The maximum atomic E-state index is 12.7. The predicted octanol–water partition coefficient (Wildman–Crippen LogP) is 2.23. The molecule has 0 spiro atoms. The van der Waals surface area contributed by atoms with Crippen LogP contribution in [0.1, 0.15) is 49.4 Å². The minimum Gasteiger partial charge on any atom is -0.454 e. The van der Waals surface area contributed by atoms with Crippen molar-refractivity contribution < 1.29 is 39.4 Å². The first-order valence-electron chi connectivity index (χ1n) is 11.8. The first-order chi connectivity index (χ1) is 16.9. The van der Waals surface area contributed by atoms with Crippen LogP contribution in [0.3, 0.4) is 0 Å². The van der Waals surface area contributed by atoms with Gasteiger partial charge in [-0.3, -0.25) is 0 Å². The number of aliphatic hydroxyl groups excluding tert-OH is 4. The first kappa shape index (κ1) is 28.7. The van der Waals surface area contributed by atoms with Crippen LogP contribution in [-0.2, 0) is 14.2 Å². The molecule has 0 amide bonds. The molecule has 7 atom stereocenters. The molecular weight excluding hydrogens is 458 g/mol. The van der Waals surface area contributed by atoms with Crippen molar-refractivity contribution in [3.05, 3.63) is 58.5 Å². The molecule has 0 radical (unpaired) electrons. The van der Waals surface area contributed by atoms with Crippen LogP contribution in [0.2, 0.25) is 0 Å². The topological polar surface area (TPSA) is 174 Å². The molecule has 11 nitrogen and oxygen atoms in total. The lowest BCUT2D eigenvalue weighted by Gasteiger charge is -2.40. The molecule has 1 aromatic carbocycles. The summed E-state index contributed by atoms with van der Waals surface area (Å²) in [5.74, 6) is -0.614. The summed E-state index contributed by atoms with van der Waals surface area (Å²) in [6, 6.07) is 7.33. The number of rotatable bonds is 14. The standard InChI is InChI=1S/C24H35N3O8/c1-2-3-4-5-6-10-13-18(34-23(32)16-11-8-7-9-12-16)17(26-27-25)15-33-24-22(31)21(30)20(29)19(14-28)35-24/h7-13,17-22,24,28-31H,2-6,14-15H2,1H3/b13-10+/t17-,18+,19+,20-,21-,22+,24+/m0/s1. The van der Waals surface area contributed by atoms with E-state index in [2.05, 4.69) is 16.9 Å². The molecular formula is C24H35N3O8. The molecule has 11 heteroatoms. The van der Waals surface area contributed by atoms with Crippen molar-refractivity contribution in [3.63, 3.8) is 0 Å². The summed E-state index contributed by atoms with van der Waals surface area (Å²) < 4.78 is 16.5. The number of esters is 1. The number of nitrogens with zero attached hydrogens (tertiary/aromatic N) is 3. The Morgan fingerprint density at radius 3 is 2.57 bits per heavy atom. The fourth-order valence-corrected chi connectivity index (χ4v) is 3.59. The number of benzene rings is 1. The molecule has 4 N–H and O–H groups in total. The van der Waals surface area contributed by atoms with Crippen molar-refractivity contribution in [2.75, 3.05) is 13.2 Å². The second-order valence-corrected chi connectivity index (χ2v) is 8.32.